The molecule has 1 saturated heterocycles. The van der Waals surface area contributed by atoms with Crippen LogP contribution in [0, 0.1) is 0 Å². The number of benzene rings is 1. The third-order valence-corrected chi connectivity index (χ3v) is 3.39. The Kier molecular flexibility index (Phi) is 4.47. The summed E-state index contributed by atoms with van der Waals surface area (Å²) in [5.74, 6) is 0. The molecule has 106 valence electrons. The molecule has 2 atom stereocenters. The minimum Gasteiger partial charge on any atom is -0.388 e. The molecule has 5 heteroatoms. The number of hydrogen-bond donors (Lipinski definition) is 1. The Bertz CT molecular complexity index is 411. The second-order valence-electron chi connectivity index (χ2n) is 4.83. The Hall–Kier alpha value is -1.07. The van der Waals surface area contributed by atoms with E-state index in [-0.39, 0.29) is 18.1 Å². The fraction of sp³-hybridized carbons (Fsp3) is 0.571. The van der Waals surface area contributed by atoms with Crippen LogP contribution >= 0.6 is 0 Å². The van der Waals surface area contributed by atoms with Crippen LogP contribution in [0.4, 0.5) is 13.2 Å². The second kappa shape index (κ2) is 5.92. The molecular weight excluding hydrogens is 257 g/mol. The number of alkyl halides is 3. The normalized spacial score (nSPS) is 22.2. The predicted molar refractivity (Wildman–Crippen MR) is 64.6 cm³/mol. The summed E-state index contributed by atoms with van der Waals surface area (Å²) in [5, 5.41) is 10.0. The summed E-state index contributed by atoms with van der Waals surface area (Å²) in [6.45, 7) is 0.623. The minimum atomic E-state index is -4.44. The van der Waals surface area contributed by atoms with Crippen molar-refractivity contribution in [3.05, 3.63) is 35.4 Å². The molecule has 0 aliphatic carbocycles. The first-order chi connectivity index (χ1) is 8.98. The van der Waals surface area contributed by atoms with E-state index in [2.05, 4.69) is 0 Å². The summed E-state index contributed by atoms with van der Waals surface area (Å²) in [5.41, 5.74) is -0.831. The highest BCUT2D eigenvalue weighted by molar-refractivity contribution is 5.31. The zero-order valence-corrected chi connectivity index (χ0v) is 10.5. The van der Waals surface area contributed by atoms with E-state index in [9.17, 15) is 18.3 Å². The van der Waals surface area contributed by atoms with Crippen molar-refractivity contribution in [1.29, 1.82) is 0 Å². The molecule has 0 spiro atoms. The average Bonchev–Trinajstić information content (AvgIpc) is 2.39. The molecule has 1 aromatic rings. The molecule has 0 amide bonds. The van der Waals surface area contributed by atoms with Crippen LogP contribution in [0.2, 0.25) is 0 Å². The maximum Gasteiger partial charge on any atom is 0.416 e. The smallest absolute Gasteiger partial charge is 0.388 e. The molecule has 0 bridgehead atoms. The average molecular weight is 274 g/mol. The minimum absolute atomic E-state index is 0.0656. The van der Waals surface area contributed by atoms with E-state index in [0.717, 1.165) is 25.3 Å². The van der Waals surface area contributed by atoms with Crippen LogP contribution in [-0.4, -0.2) is 17.8 Å². The quantitative estimate of drug-likeness (QED) is 0.910. The van der Waals surface area contributed by atoms with Crippen molar-refractivity contribution in [2.45, 2.75) is 44.1 Å². The van der Waals surface area contributed by atoms with Gasteiger partial charge in [0.1, 0.15) is 0 Å². The number of aliphatic hydroxyl groups excluding tert-OH is 1. The topological polar surface area (TPSA) is 29.5 Å². The fourth-order valence-electron chi connectivity index (χ4n) is 2.42. The summed E-state index contributed by atoms with van der Waals surface area (Å²) < 4.78 is 44.0. The lowest BCUT2D eigenvalue weighted by atomic mass is 9.95. The van der Waals surface area contributed by atoms with Gasteiger partial charge in [-0.15, -0.1) is 0 Å². The van der Waals surface area contributed by atoms with Gasteiger partial charge < -0.3 is 9.84 Å². The van der Waals surface area contributed by atoms with E-state index < -0.39 is 17.8 Å². The number of ether oxygens (including phenoxy) is 1. The molecule has 1 fully saturated rings. The molecule has 2 unspecified atom stereocenters. The lowest BCUT2D eigenvalue weighted by molar-refractivity contribution is -0.139. The number of hydrogen-bond acceptors (Lipinski definition) is 2. The van der Waals surface area contributed by atoms with E-state index in [4.69, 9.17) is 4.74 Å². The summed E-state index contributed by atoms with van der Waals surface area (Å²) in [6.07, 6.45) is -2.74. The lowest BCUT2D eigenvalue weighted by Gasteiger charge is -2.26. The van der Waals surface area contributed by atoms with Crippen LogP contribution in [0.15, 0.2) is 24.3 Å². The molecule has 1 N–H and O–H groups in total. The van der Waals surface area contributed by atoms with Gasteiger partial charge in [0.15, 0.2) is 0 Å². The van der Waals surface area contributed by atoms with E-state index in [0.29, 0.717) is 6.61 Å². The van der Waals surface area contributed by atoms with Crippen molar-refractivity contribution in [3.63, 3.8) is 0 Å². The highest BCUT2D eigenvalue weighted by atomic mass is 19.4. The summed E-state index contributed by atoms with van der Waals surface area (Å²) in [7, 11) is 0. The zero-order chi connectivity index (χ0) is 13.9. The van der Waals surface area contributed by atoms with E-state index in [1.165, 1.54) is 18.2 Å². The van der Waals surface area contributed by atoms with Gasteiger partial charge in [-0.25, -0.2) is 0 Å². The summed E-state index contributed by atoms with van der Waals surface area (Å²) >= 11 is 0. The van der Waals surface area contributed by atoms with Gasteiger partial charge >= 0.3 is 6.18 Å². The van der Waals surface area contributed by atoms with Crippen molar-refractivity contribution in [2.75, 3.05) is 6.61 Å². The van der Waals surface area contributed by atoms with Gasteiger partial charge in [0.05, 0.1) is 17.8 Å². The van der Waals surface area contributed by atoms with Crippen molar-refractivity contribution >= 4 is 0 Å². The van der Waals surface area contributed by atoms with Gasteiger partial charge in [-0.2, -0.15) is 13.2 Å². The van der Waals surface area contributed by atoms with Gasteiger partial charge in [-0.3, -0.25) is 0 Å². The maximum absolute atomic E-state index is 12.8. The van der Waals surface area contributed by atoms with E-state index in [1.807, 2.05) is 0 Å². The molecule has 1 heterocycles. The molecule has 2 nitrogen and oxygen atoms in total. The van der Waals surface area contributed by atoms with Crippen LogP contribution in [0.5, 0.6) is 0 Å². The van der Waals surface area contributed by atoms with Gasteiger partial charge in [-0.1, -0.05) is 18.2 Å². The van der Waals surface area contributed by atoms with Crippen LogP contribution in [-0.2, 0) is 10.9 Å². The summed E-state index contributed by atoms with van der Waals surface area (Å²) in [4.78, 5) is 0. The monoisotopic (exact) mass is 274 g/mol. The van der Waals surface area contributed by atoms with Crippen molar-refractivity contribution < 1.29 is 23.0 Å². The Morgan fingerprint density at radius 2 is 2.00 bits per heavy atom. The Morgan fingerprint density at radius 1 is 1.26 bits per heavy atom. The second-order valence-corrected chi connectivity index (χ2v) is 4.83. The van der Waals surface area contributed by atoms with E-state index >= 15 is 0 Å². The van der Waals surface area contributed by atoms with Gasteiger partial charge in [0, 0.05) is 13.0 Å². The molecule has 0 aromatic heterocycles. The third-order valence-electron chi connectivity index (χ3n) is 3.39. The molecule has 1 aliphatic heterocycles. The molecule has 1 aromatic carbocycles. The van der Waals surface area contributed by atoms with Crippen LogP contribution < -0.4 is 0 Å². The molecule has 2 rings (SSSR count). The Labute approximate surface area is 110 Å². The van der Waals surface area contributed by atoms with Gasteiger partial charge in [0.25, 0.3) is 0 Å². The van der Waals surface area contributed by atoms with Crippen molar-refractivity contribution in [3.8, 4) is 0 Å². The zero-order valence-electron chi connectivity index (χ0n) is 10.5. The maximum atomic E-state index is 12.8. The summed E-state index contributed by atoms with van der Waals surface area (Å²) in [6, 6.07) is 5.17. The standard InChI is InChI=1S/C14H17F3O2/c15-14(16,17)12-7-2-1-6-11(12)13(18)9-10-5-3-4-8-19-10/h1-2,6-7,10,13,18H,3-5,8-9H2. The van der Waals surface area contributed by atoms with Crippen LogP contribution in [0.1, 0.15) is 42.9 Å². The van der Waals surface area contributed by atoms with Crippen LogP contribution in [0.25, 0.3) is 0 Å². The third kappa shape index (κ3) is 3.70. The van der Waals surface area contributed by atoms with Crippen molar-refractivity contribution in [2.24, 2.45) is 0 Å². The first-order valence-electron chi connectivity index (χ1n) is 6.44. The number of halogens is 3. The highest BCUT2D eigenvalue weighted by Crippen LogP contribution is 2.36. The van der Waals surface area contributed by atoms with Crippen LogP contribution in [0.3, 0.4) is 0 Å². The largest absolute Gasteiger partial charge is 0.416 e. The Morgan fingerprint density at radius 3 is 2.63 bits per heavy atom. The molecule has 0 radical (unpaired) electrons. The predicted octanol–water partition coefficient (Wildman–Crippen LogP) is 3.70. The molecule has 19 heavy (non-hydrogen) atoms. The molecule has 1 aliphatic rings. The highest BCUT2D eigenvalue weighted by Gasteiger charge is 2.35. The Balaban J connectivity index is 2.12. The van der Waals surface area contributed by atoms with E-state index in [1.54, 1.807) is 0 Å². The SMILES string of the molecule is OC(CC1CCCCO1)c1ccccc1C(F)(F)F. The lowest BCUT2D eigenvalue weighted by Crippen LogP contribution is -2.22. The van der Waals surface area contributed by atoms with Gasteiger partial charge in [0.2, 0.25) is 0 Å². The molecular formula is C14H17F3O2. The first-order valence-corrected chi connectivity index (χ1v) is 6.44. The van der Waals surface area contributed by atoms with Gasteiger partial charge in [-0.05, 0) is 30.9 Å². The number of rotatable bonds is 3. The van der Waals surface area contributed by atoms with Crippen molar-refractivity contribution in [1.82, 2.24) is 0 Å². The first kappa shape index (κ1) is 14.3. The number of aliphatic hydroxyl groups is 1. The molecule has 0 saturated carbocycles. The fourth-order valence-corrected chi connectivity index (χ4v) is 2.42.